The molecule has 25 heavy (non-hydrogen) atoms. The fraction of sp³-hybridized carbons (Fsp3) is 0.111. The van der Waals surface area contributed by atoms with Crippen molar-refractivity contribution in [2.75, 3.05) is 11.9 Å². The van der Waals surface area contributed by atoms with E-state index in [1.54, 1.807) is 30.3 Å². The van der Waals surface area contributed by atoms with Crippen LogP contribution in [0.5, 0.6) is 11.5 Å². The maximum absolute atomic E-state index is 12.3. The monoisotopic (exact) mass is 356 g/mol. The van der Waals surface area contributed by atoms with E-state index in [0.717, 1.165) is 5.56 Å². The number of benzene rings is 2. The van der Waals surface area contributed by atoms with Crippen molar-refractivity contribution in [3.8, 4) is 22.8 Å². The molecule has 0 unspecified atom stereocenters. The molecule has 2 aromatic carbocycles. The molecule has 1 aliphatic rings. The first kappa shape index (κ1) is 15.5. The van der Waals surface area contributed by atoms with Gasteiger partial charge in [0.05, 0.1) is 0 Å². The topological polar surface area (TPSA) is 73.6 Å². The number of aromatic nitrogens is 1. The molecule has 1 aliphatic heterocycles. The molecule has 1 N–H and O–H groups in total. The van der Waals surface area contributed by atoms with Crippen LogP contribution >= 0.6 is 11.6 Å². The second-order valence-corrected chi connectivity index (χ2v) is 5.87. The van der Waals surface area contributed by atoms with Gasteiger partial charge in [0.1, 0.15) is 12.3 Å². The van der Waals surface area contributed by atoms with Crippen LogP contribution < -0.4 is 14.8 Å². The van der Waals surface area contributed by atoms with E-state index < -0.39 is 6.10 Å². The normalized spacial score (nSPS) is 15.6. The van der Waals surface area contributed by atoms with Gasteiger partial charge in [-0.25, -0.2) is 0 Å². The Morgan fingerprint density at radius 3 is 2.68 bits per heavy atom. The van der Waals surface area contributed by atoms with Gasteiger partial charge in [0, 0.05) is 16.7 Å². The van der Waals surface area contributed by atoms with Gasteiger partial charge in [-0.2, -0.15) is 0 Å². The number of nitrogens with one attached hydrogen (secondary N) is 1. The summed E-state index contributed by atoms with van der Waals surface area (Å²) in [6, 6.07) is 16.0. The van der Waals surface area contributed by atoms with Crippen LogP contribution in [0, 0.1) is 0 Å². The predicted octanol–water partition coefficient (Wildman–Crippen LogP) is 3.77. The Morgan fingerprint density at radius 2 is 1.88 bits per heavy atom. The Hall–Kier alpha value is -2.99. The summed E-state index contributed by atoms with van der Waals surface area (Å²) in [6.07, 6.45) is -0.765. The van der Waals surface area contributed by atoms with Gasteiger partial charge < -0.3 is 14.0 Å². The van der Waals surface area contributed by atoms with Gasteiger partial charge >= 0.3 is 0 Å². The lowest BCUT2D eigenvalue weighted by Crippen LogP contribution is -2.40. The van der Waals surface area contributed by atoms with Gasteiger partial charge in [0.2, 0.25) is 12.0 Å². The number of para-hydroxylation sites is 2. The molecule has 0 saturated heterocycles. The number of halogens is 1. The minimum Gasteiger partial charge on any atom is -0.485 e. The third-order valence-electron chi connectivity index (χ3n) is 3.70. The van der Waals surface area contributed by atoms with Crippen molar-refractivity contribution < 1.29 is 18.8 Å². The van der Waals surface area contributed by atoms with Gasteiger partial charge in [-0.15, -0.1) is 0 Å². The number of anilines is 1. The molecular formula is C18H13ClN2O4. The Morgan fingerprint density at radius 1 is 1.12 bits per heavy atom. The summed E-state index contributed by atoms with van der Waals surface area (Å²) in [4.78, 5) is 12.3. The number of nitrogens with zero attached hydrogens (tertiary/aromatic N) is 1. The summed E-state index contributed by atoms with van der Waals surface area (Å²) in [6.45, 7) is 0.126. The lowest BCUT2D eigenvalue weighted by Gasteiger charge is -2.25. The largest absolute Gasteiger partial charge is 0.485 e. The van der Waals surface area contributed by atoms with E-state index in [0.29, 0.717) is 22.2 Å². The SMILES string of the molecule is O=C(Nc1cc(-c2ccc(Cl)cc2)no1)[C@H]1COc2ccccc2O1. The van der Waals surface area contributed by atoms with Crippen molar-refractivity contribution in [3.05, 3.63) is 59.6 Å². The highest BCUT2D eigenvalue weighted by molar-refractivity contribution is 6.30. The number of fused-ring (bicyclic) bond motifs is 1. The first-order chi connectivity index (χ1) is 12.2. The molecule has 3 aromatic rings. The van der Waals surface area contributed by atoms with Crippen molar-refractivity contribution in [1.82, 2.24) is 5.16 Å². The zero-order chi connectivity index (χ0) is 17.2. The third-order valence-corrected chi connectivity index (χ3v) is 3.95. The van der Waals surface area contributed by atoms with Gasteiger partial charge in [0.25, 0.3) is 5.91 Å². The summed E-state index contributed by atoms with van der Waals surface area (Å²) >= 11 is 5.87. The highest BCUT2D eigenvalue weighted by Crippen LogP contribution is 2.31. The first-order valence-electron chi connectivity index (χ1n) is 7.61. The minimum absolute atomic E-state index is 0.126. The van der Waals surface area contributed by atoms with Crippen molar-refractivity contribution >= 4 is 23.4 Å². The van der Waals surface area contributed by atoms with E-state index in [2.05, 4.69) is 10.5 Å². The van der Waals surface area contributed by atoms with Crippen LogP contribution in [0.25, 0.3) is 11.3 Å². The molecule has 0 bridgehead atoms. The number of amides is 1. The van der Waals surface area contributed by atoms with Crippen LogP contribution in [0.4, 0.5) is 5.88 Å². The molecule has 1 atom stereocenters. The Bertz CT molecular complexity index is 907. The maximum Gasteiger partial charge on any atom is 0.271 e. The van der Waals surface area contributed by atoms with Crippen LogP contribution in [-0.2, 0) is 4.79 Å². The number of hydrogen-bond acceptors (Lipinski definition) is 5. The van der Waals surface area contributed by atoms with Crippen molar-refractivity contribution in [2.45, 2.75) is 6.10 Å². The third kappa shape index (κ3) is 3.29. The second kappa shape index (κ2) is 6.49. The fourth-order valence-electron chi connectivity index (χ4n) is 2.44. The molecule has 2 heterocycles. The van der Waals surface area contributed by atoms with Crippen LogP contribution in [0.2, 0.25) is 5.02 Å². The molecule has 7 heteroatoms. The standard InChI is InChI=1S/C18H13ClN2O4/c19-12-7-5-11(6-8-12)13-9-17(25-21-13)20-18(22)16-10-23-14-3-1-2-4-15(14)24-16/h1-9,16H,10H2,(H,20,22)/t16-/m1/s1. The van der Waals surface area contributed by atoms with E-state index in [9.17, 15) is 4.79 Å². The number of ether oxygens (including phenoxy) is 2. The van der Waals surface area contributed by atoms with Gasteiger partial charge in [0.15, 0.2) is 11.5 Å². The maximum atomic E-state index is 12.3. The number of carbonyl (C=O) groups excluding carboxylic acids is 1. The molecule has 1 aromatic heterocycles. The lowest BCUT2D eigenvalue weighted by molar-refractivity contribution is -0.125. The molecule has 4 rings (SSSR count). The van der Waals surface area contributed by atoms with Crippen LogP contribution in [0.3, 0.4) is 0 Å². The zero-order valence-corrected chi connectivity index (χ0v) is 13.7. The van der Waals surface area contributed by atoms with Gasteiger partial charge in [-0.1, -0.05) is 41.0 Å². The average Bonchev–Trinajstić information content (AvgIpc) is 3.10. The second-order valence-electron chi connectivity index (χ2n) is 5.44. The smallest absolute Gasteiger partial charge is 0.271 e. The first-order valence-corrected chi connectivity index (χ1v) is 7.99. The minimum atomic E-state index is -0.765. The fourth-order valence-corrected chi connectivity index (χ4v) is 2.57. The molecule has 0 aliphatic carbocycles. The van der Waals surface area contributed by atoms with E-state index in [1.165, 1.54) is 0 Å². The number of carbonyl (C=O) groups is 1. The molecule has 6 nitrogen and oxygen atoms in total. The van der Waals surface area contributed by atoms with E-state index in [-0.39, 0.29) is 18.4 Å². The van der Waals surface area contributed by atoms with Gasteiger partial charge in [-0.05, 0) is 24.3 Å². The Kier molecular flexibility index (Phi) is 4.03. The summed E-state index contributed by atoms with van der Waals surface area (Å²) in [5.41, 5.74) is 1.43. The quantitative estimate of drug-likeness (QED) is 0.773. The van der Waals surface area contributed by atoms with Crippen molar-refractivity contribution in [1.29, 1.82) is 0 Å². The van der Waals surface area contributed by atoms with E-state index >= 15 is 0 Å². The Labute approximate surface area is 148 Å². The number of hydrogen-bond donors (Lipinski definition) is 1. The van der Waals surface area contributed by atoms with Gasteiger partial charge in [-0.3, -0.25) is 10.1 Å². The highest BCUT2D eigenvalue weighted by atomic mass is 35.5. The van der Waals surface area contributed by atoms with E-state index in [4.69, 9.17) is 25.6 Å². The predicted molar refractivity (Wildman–Crippen MR) is 91.9 cm³/mol. The Balaban J connectivity index is 1.44. The summed E-state index contributed by atoms with van der Waals surface area (Å²) in [5.74, 6) is 1.02. The van der Waals surface area contributed by atoms with Crippen LogP contribution in [-0.4, -0.2) is 23.8 Å². The van der Waals surface area contributed by atoms with E-state index in [1.807, 2.05) is 24.3 Å². The van der Waals surface area contributed by atoms with Crippen molar-refractivity contribution in [3.63, 3.8) is 0 Å². The highest BCUT2D eigenvalue weighted by Gasteiger charge is 2.28. The molecule has 1 amide bonds. The summed E-state index contributed by atoms with van der Waals surface area (Å²) in [5, 5.41) is 7.22. The summed E-state index contributed by atoms with van der Waals surface area (Å²) in [7, 11) is 0. The van der Waals surface area contributed by atoms with Crippen LogP contribution in [0.1, 0.15) is 0 Å². The number of rotatable bonds is 3. The summed E-state index contributed by atoms with van der Waals surface area (Å²) < 4.78 is 16.4. The lowest BCUT2D eigenvalue weighted by atomic mass is 10.1. The van der Waals surface area contributed by atoms with Crippen molar-refractivity contribution in [2.24, 2.45) is 0 Å². The molecule has 0 spiro atoms. The zero-order valence-electron chi connectivity index (χ0n) is 12.9. The molecule has 0 saturated carbocycles. The van der Waals surface area contributed by atoms with Crippen LogP contribution in [0.15, 0.2) is 59.1 Å². The average molecular weight is 357 g/mol. The molecule has 0 radical (unpaired) electrons. The molecular weight excluding hydrogens is 344 g/mol. The molecule has 0 fully saturated rings. The molecule has 126 valence electrons.